The smallest absolute Gasteiger partial charge is 0.350 e. The number of esters is 3. The molecule has 0 aliphatic carbocycles. The molecule has 0 aromatic rings. The Morgan fingerprint density at radius 3 is 2.30 bits per heavy atom. The Bertz CT molecular complexity index is 573. The first-order valence-corrected chi connectivity index (χ1v) is 8.72. The van der Waals surface area contributed by atoms with Gasteiger partial charge in [-0.15, -0.1) is 18.9 Å². The molecule has 1 saturated heterocycles. The lowest BCUT2D eigenvalue weighted by Crippen LogP contribution is -2.52. The van der Waals surface area contributed by atoms with Gasteiger partial charge in [0.15, 0.2) is 0 Å². The summed E-state index contributed by atoms with van der Waals surface area (Å²) in [5, 5.41) is 0. The van der Waals surface area contributed by atoms with Gasteiger partial charge in [-0.3, -0.25) is 4.79 Å². The van der Waals surface area contributed by atoms with E-state index >= 15 is 0 Å². The fourth-order valence-corrected chi connectivity index (χ4v) is 2.65. The number of carbonyl (C=O) groups excluding carboxylic acids is 3. The predicted octanol–water partition coefficient (Wildman–Crippen LogP) is 1.37. The van der Waals surface area contributed by atoms with Crippen molar-refractivity contribution in [3.8, 4) is 12.3 Å². The first kappa shape index (κ1) is 22.7. The zero-order valence-corrected chi connectivity index (χ0v) is 15.9. The Morgan fingerprint density at radius 1 is 1.26 bits per heavy atom. The Morgan fingerprint density at radius 2 is 1.85 bits per heavy atom. The van der Waals surface area contributed by atoms with Crippen LogP contribution in [0.15, 0.2) is 12.7 Å². The van der Waals surface area contributed by atoms with Gasteiger partial charge in [0, 0.05) is 19.8 Å². The van der Waals surface area contributed by atoms with Crippen molar-refractivity contribution < 1.29 is 38.1 Å². The lowest BCUT2D eigenvalue weighted by Gasteiger charge is -2.29. The predicted molar refractivity (Wildman–Crippen MR) is 94.1 cm³/mol. The van der Waals surface area contributed by atoms with E-state index in [0.29, 0.717) is 0 Å². The average Bonchev–Trinajstić information content (AvgIpc) is 3.00. The van der Waals surface area contributed by atoms with Gasteiger partial charge in [-0.25, -0.2) is 9.59 Å². The highest BCUT2D eigenvalue weighted by atomic mass is 16.7. The number of carbonyl (C=O) groups is 3. The van der Waals surface area contributed by atoms with Crippen molar-refractivity contribution in [1.82, 2.24) is 0 Å². The second kappa shape index (κ2) is 10.7. The van der Waals surface area contributed by atoms with Gasteiger partial charge in [0.25, 0.3) is 5.60 Å². The number of hydrogen-bond donors (Lipinski definition) is 0. The highest BCUT2D eigenvalue weighted by Gasteiger charge is 2.51. The molecule has 1 heterocycles. The third kappa shape index (κ3) is 5.81. The van der Waals surface area contributed by atoms with E-state index in [2.05, 4.69) is 12.5 Å². The topological polar surface area (TPSA) is 97.4 Å². The molecular formula is C19H26O8. The number of terminal acetylenes is 1. The van der Waals surface area contributed by atoms with Gasteiger partial charge in [0.1, 0.15) is 0 Å². The molecule has 0 saturated carbocycles. The zero-order chi connectivity index (χ0) is 20.4. The van der Waals surface area contributed by atoms with Crippen molar-refractivity contribution >= 4 is 17.9 Å². The lowest BCUT2D eigenvalue weighted by atomic mass is 9.98. The first-order chi connectivity index (χ1) is 12.8. The highest BCUT2D eigenvalue weighted by molar-refractivity contribution is 6.04. The second-order valence-corrected chi connectivity index (χ2v) is 5.79. The van der Waals surface area contributed by atoms with Crippen LogP contribution in [0.4, 0.5) is 0 Å². The van der Waals surface area contributed by atoms with Crippen LogP contribution in [0.25, 0.3) is 0 Å². The van der Waals surface area contributed by atoms with E-state index in [1.807, 2.05) is 0 Å². The van der Waals surface area contributed by atoms with Gasteiger partial charge in [0.05, 0.1) is 31.8 Å². The Hall–Kier alpha value is -2.37. The number of ether oxygens (including phenoxy) is 5. The molecular weight excluding hydrogens is 356 g/mol. The lowest BCUT2D eigenvalue weighted by molar-refractivity contribution is -0.199. The summed E-state index contributed by atoms with van der Waals surface area (Å²) in [6, 6.07) is 0. The van der Waals surface area contributed by atoms with Crippen molar-refractivity contribution in [3.63, 3.8) is 0 Å². The van der Waals surface area contributed by atoms with Crippen molar-refractivity contribution in [2.24, 2.45) is 5.92 Å². The first-order valence-electron chi connectivity index (χ1n) is 8.72. The molecule has 1 aliphatic rings. The molecule has 27 heavy (non-hydrogen) atoms. The summed E-state index contributed by atoms with van der Waals surface area (Å²) < 4.78 is 26.3. The summed E-state index contributed by atoms with van der Waals surface area (Å²) in [7, 11) is 0. The van der Waals surface area contributed by atoms with Gasteiger partial charge in [-0.05, 0) is 13.8 Å². The fraction of sp³-hybridized carbons (Fsp3) is 0.632. The van der Waals surface area contributed by atoms with E-state index in [4.69, 9.17) is 30.1 Å². The van der Waals surface area contributed by atoms with Crippen molar-refractivity contribution in [3.05, 3.63) is 12.7 Å². The van der Waals surface area contributed by atoms with E-state index in [9.17, 15) is 14.4 Å². The SMILES string of the molecule is C#CC1CC(OC(C)=O)OC1COC(CC=C)(C(=O)OCC)C(=O)OCC. The molecule has 8 nitrogen and oxygen atoms in total. The van der Waals surface area contributed by atoms with Crippen LogP contribution < -0.4 is 0 Å². The quantitative estimate of drug-likeness (QED) is 0.184. The summed E-state index contributed by atoms with van der Waals surface area (Å²) in [4.78, 5) is 36.1. The molecule has 150 valence electrons. The largest absolute Gasteiger partial charge is 0.463 e. The van der Waals surface area contributed by atoms with E-state index < -0.39 is 41.8 Å². The Labute approximate surface area is 159 Å². The highest BCUT2D eigenvalue weighted by Crippen LogP contribution is 2.30. The van der Waals surface area contributed by atoms with E-state index in [0.717, 1.165) is 0 Å². The molecule has 0 bridgehead atoms. The second-order valence-electron chi connectivity index (χ2n) is 5.79. The third-order valence-electron chi connectivity index (χ3n) is 3.87. The molecule has 0 radical (unpaired) electrons. The van der Waals surface area contributed by atoms with Crippen LogP contribution in [0.1, 0.15) is 33.6 Å². The minimum absolute atomic E-state index is 0.0575. The van der Waals surface area contributed by atoms with Gasteiger partial charge in [-0.2, -0.15) is 0 Å². The third-order valence-corrected chi connectivity index (χ3v) is 3.87. The number of rotatable bonds is 10. The molecule has 0 spiro atoms. The molecule has 3 unspecified atom stereocenters. The summed E-state index contributed by atoms with van der Waals surface area (Å²) in [5.41, 5.74) is -2.00. The van der Waals surface area contributed by atoms with Crippen LogP contribution in [0.2, 0.25) is 0 Å². The van der Waals surface area contributed by atoms with Crippen LogP contribution in [0, 0.1) is 18.3 Å². The standard InChI is InChI=1S/C19H26O8/c1-6-10-19(17(21)23-8-3,18(22)24-9-4)25-12-15-14(7-2)11-16(27-15)26-13(5)20/h2,6,14-16H,1,8-12H2,3-5H3. The van der Waals surface area contributed by atoms with E-state index in [-0.39, 0.29) is 32.7 Å². The maximum absolute atomic E-state index is 12.5. The molecule has 1 fully saturated rings. The van der Waals surface area contributed by atoms with Crippen molar-refractivity contribution in [2.75, 3.05) is 19.8 Å². The molecule has 3 atom stereocenters. The minimum atomic E-state index is -2.00. The van der Waals surface area contributed by atoms with Crippen molar-refractivity contribution in [2.45, 2.75) is 51.6 Å². The summed E-state index contributed by atoms with van der Waals surface area (Å²) in [5.74, 6) is -0.133. The molecule has 8 heteroatoms. The summed E-state index contributed by atoms with van der Waals surface area (Å²) in [6.45, 7) is 7.97. The van der Waals surface area contributed by atoms with Crippen LogP contribution >= 0.6 is 0 Å². The molecule has 1 rings (SSSR count). The average molecular weight is 382 g/mol. The van der Waals surface area contributed by atoms with Crippen LogP contribution in [0.3, 0.4) is 0 Å². The van der Waals surface area contributed by atoms with Gasteiger partial charge < -0.3 is 23.7 Å². The minimum Gasteiger partial charge on any atom is -0.463 e. The fourth-order valence-electron chi connectivity index (χ4n) is 2.65. The van der Waals surface area contributed by atoms with Crippen LogP contribution in [-0.4, -0.2) is 55.7 Å². The van der Waals surface area contributed by atoms with E-state index in [1.165, 1.54) is 13.0 Å². The Balaban J connectivity index is 2.98. The summed E-state index contributed by atoms with van der Waals surface area (Å²) in [6.07, 6.45) is 5.53. The van der Waals surface area contributed by atoms with Crippen molar-refractivity contribution in [1.29, 1.82) is 0 Å². The van der Waals surface area contributed by atoms with Gasteiger partial charge in [-0.1, -0.05) is 6.08 Å². The number of hydrogen-bond acceptors (Lipinski definition) is 8. The molecule has 0 amide bonds. The normalized spacial score (nSPS) is 21.8. The maximum Gasteiger partial charge on any atom is 0.350 e. The molecule has 0 aromatic carbocycles. The summed E-state index contributed by atoms with van der Waals surface area (Å²) >= 11 is 0. The molecule has 0 N–H and O–H groups in total. The van der Waals surface area contributed by atoms with E-state index in [1.54, 1.807) is 13.8 Å². The van der Waals surface area contributed by atoms with Crippen LogP contribution in [-0.2, 0) is 38.1 Å². The van der Waals surface area contributed by atoms with Gasteiger partial charge >= 0.3 is 17.9 Å². The monoisotopic (exact) mass is 382 g/mol. The van der Waals surface area contributed by atoms with Crippen LogP contribution in [0.5, 0.6) is 0 Å². The maximum atomic E-state index is 12.5. The van der Waals surface area contributed by atoms with Gasteiger partial charge in [0.2, 0.25) is 6.29 Å². The molecule has 1 aliphatic heterocycles. The zero-order valence-electron chi connectivity index (χ0n) is 15.9. The molecule has 0 aromatic heterocycles. The Kier molecular flexibility index (Phi) is 8.98.